The summed E-state index contributed by atoms with van der Waals surface area (Å²) in [7, 11) is 0. The number of aliphatic carboxylic acids is 2. The zero-order chi connectivity index (χ0) is 20.5. The molecule has 2 aromatic carbocycles. The Labute approximate surface area is 163 Å². The van der Waals surface area contributed by atoms with E-state index in [9.17, 15) is 14.4 Å². The summed E-state index contributed by atoms with van der Waals surface area (Å²) >= 11 is 0. The van der Waals surface area contributed by atoms with Gasteiger partial charge in [0.05, 0.1) is 0 Å². The van der Waals surface area contributed by atoms with Gasteiger partial charge in [0, 0.05) is 5.69 Å². The number of carboxylic acids is 2. The monoisotopic (exact) mass is 385 g/mol. The molecule has 0 aromatic heterocycles. The molecule has 2 aromatic rings. The van der Waals surface area contributed by atoms with Crippen molar-refractivity contribution in [2.75, 3.05) is 5.32 Å². The molecule has 0 atom stereocenters. The van der Waals surface area contributed by atoms with Gasteiger partial charge < -0.3 is 14.9 Å². The highest BCUT2D eigenvalue weighted by molar-refractivity contribution is 5.93. The van der Waals surface area contributed by atoms with Crippen LogP contribution in [0.4, 0.5) is 10.5 Å². The summed E-state index contributed by atoms with van der Waals surface area (Å²) in [4.78, 5) is 34.1. The van der Waals surface area contributed by atoms with Crippen molar-refractivity contribution in [2.45, 2.75) is 32.6 Å². The fourth-order valence-corrected chi connectivity index (χ4v) is 2.64. The van der Waals surface area contributed by atoms with E-state index in [4.69, 9.17) is 14.9 Å². The van der Waals surface area contributed by atoms with Crippen LogP contribution in [0.1, 0.15) is 30.9 Å². The molecule has 0 spiro atoms. The first-order chi connectivity index (χ1) is 13.4. The zero-order valence-electron chi connectivity index (χ0n) is 15.6. The van der Waals surface area contributed by atoms with E-state index in [1.54, 1.807) is 24.3 Å². The van der Waals surface area contributed by atoms with Gasteiger partial charge in [0.15, 0.2) is 5.92 Å². The maximum absolute atomic E-state index is 12.1. The smallest absolute Gasteiger partial charge is 0.417 e. The Kier molecular flexibility index (Phi) is 7.56. The Morgan fingerprint density at radius 1 is 1.00 bits per heavy atom. The molecule has 0 unspecified atom stereocenters. The fraction of sp³-hybridized carbons (Fsp3) is 0.286. The summed E-state index contributed by atoms with van der Waals surface area (Å²) < 4.78 is 5.21. The van der Waals surface area contributed by atoms with E-state index in [0.29, 0.717) is 11.3 Å². The molecule has 1 amide bonds. The van der Waals surface area contributed by atoms with Crippen LogP contribution in [0.25, 0.3) is 0 Å². The van der Waals surface area contributed by atoms with Gasteiger partial charge >= 0.3 is 18.0 Å². The summed E-state index contributed by atoms with van der Waals surface area (Å²) in [5, 5.41) is 20.6. The summed E-state index contributed by atoms with van der Waals surface area (Å²) in [6.45, 7) is 2.13. The lowest BCUT2D eigenvalue weighted by molar-refractivity contribution is -0.154. The number of carbonyl (C=O) groups excluding carboxylic acids is 1. The Morgan fingerprint density at radius 3 is 2.29 bits per heavy atom. The molecule has 0 bridgehead atoms. The van der Waals surface area contributed by atoms with Crippen molar-refractivity contribution in [3.05, 3.63) is 59.7 Å². The second-order valence-electron chi connectivity index (χ2n) is 6.40. The van der Waals surface area contributed by atoms with Crippen LogP contribution in [0.3, 0.4) is 0 Å². The van der Waals surface area contributed by atoms with E-state index in [0.717, 1.165) is 19.3 Å². The first-order valence-electron chi connectivity index (χ1n) is 9.01. The molecule has 0 fully saturated rings. The van der Waals surface area contributed by atoms with Crippen LogP contribution in [0, 0.1) is 5.92 Å². The van der Waals surface area contributed by atoms with Crippen LogP contribution in [0.5, 0.6) is 5.75 Å². The number of benzene rings is 2. The van der Waals surface area contributed by atoms with Gasteiger partial charge in [-0.25, -0.2) is 4.79 Å². The third-order valence-electron chi connectivity index (χ3n) is 4.16. The van der Waals surface area contributed by atoms with Crippen molar-refractivity contribution in [1.29, 1.82) is 0 Å². The highest BCUT2D eigenvalue weighted by Gasteiger charge is 2.26. The van der Waals surface area contributed by atoms with Crippen molar-refractivity contribution in [2.24, 2.45) is 5.92 Å². The number of hydrogen-bond acceptors (Lipinski definition) is 4. The van der Waals surface area contributed by atoms with E-state index < -0.39 is 23.9 Å². The highest BCUT2D eigenvalue weighted by Crippen LogP contribution is 2.18. The molecule has 0 saturated carbocycles. The average molecular weight is 385 g/mol. The zero-order valence-corrected chi connectivity index (χ0v) is 15.6. The van der Waals surface area contributed by atoms with Crippen molar-refractivity contribution in [3.63, 3.8) is 0 Å². The topological polar surface area (TPSA) is 113 Å². The maximum Gasteiger partial charge on any atom is 0.417 e. The second kappa shape index (κ2) is 10.1. The Morgan fingerprint density at radius 2 is 1.68 bits per heavy atom. The molecule has 28 heavy (non-hydrogen) atoms. The van der Waals surface area contributed by atoms with Crippen LogP contribution in [0.2, 0.25) is 0 Å². The number of anilines is 1. The van der Waals surface area contributed by atoms with Crippen LogP contribution in [0.15, 0.2) is 48.5 Å². The number of amides is 1. The fourth-order valence-electron chi connectivity index (χ4n) is 2.64. The third kappa shape index (κ3) is 6.42. The second-order valence-corrected chi connectivity index (χ2v) is 6.40. The SMILES string of the molecule is CCCCc1ccc(NC(=O)Oc2cccc(CC(C(=O)O)C(=O)O)c2)cc1. The number of hydrogen-bond donors (Lipinski definition) is 3. The van der Waals surface area contributed by atoms with Crippen LogP contribution < -0.4 is 10.1 Å². The molecule has 0 saturated heterocycles. The van der Waals surface area contributed by atoms with Gasteiger partial charge in [-0.3, -0.25) is 14.9 Å². The number of carbonyl (C=O) groups is 3. The minimum absolute atomic E-state index is 0.198. The molecule has 0 aliphatic heterocycles. The summed E-state index contributed by atoms with van der Waals surface area (Å²) in [6.07, 6.45) is 2.32. The summed E-state index contributed by atoms with van der Waals surface area (Å²) in [5.74, 6) is -4.20. The van der Waals surface area contributed by atoms with Gasteiger partial charge in [0.1, 0.15) is 5.75 Å². The van der Waals surface area contributed by atoms with Gasteiger partial charge in [-0.15, -0.1) is 0 Å². The lowest BCUT2D eigenvalue weighted by Crippen LogP contribution is -2.25. The standard InChI is InChI=1S/C21H23NO6/c1-2-3-5-14-8-10-16(11-9-14)22-21(27)28-17-7-4-6-15(12-17)13-18(19(23)24)20(25)26/h4,6-12,18H,2-3,5,13H2,1H3,(H,22,27)(H,23,24)(H,25,26). The van der Waals surface area contributed by atoms with Crippen LogP contribution >= 0.6 is 0 Å². The van der Waals surface area contributed by atoms with E-state index in [-0.39, 0.29) is 12.2 Å². The van der Waals surface area contributed by atoms with Gasteiger partial charge in [0.2, 0.25) is 0 Å². The average Bonchev–Trinajstić information content (AvgIpc) is 2.65. The number of aryl methyl sites for hydroxylation is 1. The molecule has 0 aliphatic rings. The van der Waals surface area contributed by atoms with Gasteiger partial charge in [-0.05, 0) is 54.7 Å². The molecule has 148 valence electrons. The minimum Gasteiger partial charge on any atom is -0.481 e. The molecular weight excluding hydrogens is 362 g/mol. The molecule has 0 heterocycles. The Hall–Kier alpha value is -3.35. The predicted molar refractivity (Wildman–Crippen MR) is 104 cm³/mol. The van der Waals surface area contributed by atoms with Crippen molar-refractivity contribution in [3.8, 4) is 5.75 Å². The highest BCUT2D eigenvalue weighted by atomic mass is 16.6. The van der Waals surface area contributed by atoms with Crippen LogP contribution in [-0.4, -0.2) is 28.2 Å². The molecular formula is C21H23NO6. The lowest BCUT2D eigenvalue weighted by atomic mass is 9.99. The molecule has 7 heteroatoms. The first kappa shape index (κ1) is 21.0. The van der Waals surface area contributed by atoms with Gasteiger partial charge in [-0.1, -0.05) is 37.6 Å². The Bertz CT molecular complexity index is 817. The lowest BCUT2D eigenvalue weighted by Gasteiger charge is -2.10. The molecule has 3 N–H and O–H groups in total. The van der Waals surface area contributed by atoms with Crippen LogP contribution in [-0.2, 0) is 22.4 Å². The number of carboxylic acid groups (broad SMARTS) is 2. The first-order valence-corrected chi connectivity index (χ1v) is 9.01. The summed E-state index contributed by atoms with van der Waals surface area (Å²) in [6, 6.07) is 13.6. The van der Waals surface area contributed by atoms with E-state index in [2.05, 4.69) is 12.2 Å². The minimum atomic E-state index is -1.56. The Balaban J connectivity index is 1.96. The van der Waals surface area contributed by atoms with Gasteiger partial charge in [0.25, 0.3) is 0 Å². The van der Waals surface area contributed by atoms with Crippen molar-refractivity contribution >= 4 is 23.7 Å². The molecule has 0 aliphatic carbocycles. The molecule has 7 nitrogen and oxygen atoms in total. The predicted octanol–water partition coefficient (Wildman–Crippen LogP) is 3.97. The number of rotatable bonds is 9. The van der Waals surface area contributed by atoms with Crippen molar-refractivity contribution in [1.82, 2.24) is 0 Å². The summed E-state index contributed by atoms with van der Waals surface area (Å²) in [5.41, 5.74) is 2.23. The molecule has 2 rings (SSSR count). The largest absolute Gasteiger partial charge is 0.481 e. The number of unbranched alkanes of at least 4 members (excludes halogenated alkanes) is 1. The van der Waals surface area contributed by atoms with E-state index in [1.165, 1.54) is 17.7 Å². The van der Waals surface area contributed by atoms with Crippen molar-refractivity contribution < 1.29 is 29.3 Å². The maximum atomic E-state index is 12.1. The normalized spacial score (nSPS) is 10.5. The van der Waals surface area contributed by atoms with E-state index >= 15 is 0 Å². The quantitative estimate of drug-likeness (QED) is 0.563. The number of ether oxygens (including phenoxy) is 1. The molecule has 0 radical (unpaired) electrons. The number of nitrogens with one attached hydrogen (secondary N) is 1. The van der Waals surface area contributed by atoms with E-state index in [1.807, 2.05) is 12.1 Å². The third-order valence-corrected chi connectivity index (χ3v) is 4.16. The van der Waals surface area contributed by atoms with Gasteiger partial charge in [-0.2, -0.15) is 0 Å².